The van der Waals surface area contributed by atoms with E-state index >= 15 is 0 Å². The van der Waals surface area contributed by atoms with Gasteiger partial charge in [0.1, 0.15) is 0 Å². The van der Waals surface area contributed by atoms with Gasteiger partial charge in [0.25, 0.3) is 0 Å². The molecule has 106 valence electrons. The lowest BCUT2D eigenvalue weighted by molar-refractivity contribution is -0.116. The van der Waals surface area contributed by atoms with Crippen LogP contribution < -0.4 is 4.81 Å². The molecule has 2 aliphatic rings. The van der Waals surface area contributed by atoms with E-state index < -0.39 is 18.5 Å². The molecule has 1 fully saturated rings. The van der Waals surface area contributed by atoms with E-state index in [1.54, 1.807) is 6.07 Å². The second-order valence-corrected chi connectivity index (χ2v) is 6.66. The topological polar surface area (TPSA) is 38.8 Å². The number of amides is 1. The zero-order valence-electron chi connectivity index (χ0n) is 12.1. The van der Waals surface area contributed by atoms with E-state index in [4.69, 9.17) is 20.9 Å². The lowest BCUT2D eigenvalue weighted by atomic mass is 9.90. The fraction of sp³-hybridized carbons (Fsp3) is 0.500. The first kappa shape index (κ1) is 13.9. The highest BCUT2D eigenvalue weighted by Crippen LogP contribution is 2.43. The van der Waals surface area contributed by atoms with Crippen LogP contribution in [0.1, 0.15) is 33.3 Å². The second kappa shape index (κ2) is 4.23. The van der Waals surface area contributed by atoms with Crippen molar-refractivity contribution in [3.8, 4) is 0 Å². The third-order valence-electron chi connectivity index (χ3n) is 4.37. The zero-order chi connectivity index (χ0) is 14.7. The Kier molecular flexibility index (Phi) is 2.94. The Morgan fingerprint density at radius 3 is 2.40 bits per heavy atom. The number of rotatable bonds is 1. The molecule has 6 heteroatoms. The molecule has 0 aromatic heterocycles. The summed E-state index contributed by atoms with van der Waals surface area (Å²) in [7, 11) is -0.728. The number of carbonyl (C=O) groups excluding carboxylic acids is 1. The summed E-state index contributed by atoms with van der Waals surface area (Å²) in [5.74, 6) is -0.0494. The van der Waals surface area contributed by atoms with E-state index in [1.165, 1.54) is 4.81 Å². The first-order chi connectivity index (χ1) is 9.23. The van der Waals surface area contributed by atoms with Gasteiger partial charge in [-0.05, 0) is 39.3 Å². The minimum Gasteiger partial charge on any atom is -0.384 e. The first-order valence-electron chi connectivity index (χ1n) is 6.68. The standard InChI is InChI=1S/C14H17BClNO3/c1-13(2)14(3,4)20-15(19-13)17-11(18)8-9-6-5-7-10(16)12(9)17/h5-7H,8H2,1-4H3. The van der Waals surface area contributed by atoms with Crippen molar-refractivity contribution in [2.75, 3.05) is 4.81 Å². The summed E-state index contributed by atoms with van der Waals surface area (Å²) in [6.07, 6.45) is 0.333. The number of hydrogen-bond donors (Lipinski definition) is 0. The minimum absolute atomic E-state index is 0.0494. The van der Waals surface area contributed by atoms with Crippen LogP contribution in [0.5, 0.6) is 0 Å². The predicted octanol–water partition coefficient (Wildman–Crippen LogP) is 2.82. The Hall–Kier alpha value is -1.04. The average molecular weight is 294 g/mol. The van der Waals surface area contributed by atoms with Gasteiger partial charge in [0.05, 0.1) is 28.3 Å². The molecule has 3 rings (SSSR count). The number of benzene rings is 1. The lowest BCUT2D eigenvalue weighted by Crippen LogP contribution is -2.44. The SMILES string of the molecule is CC1(C)OB(N2C(=O)Cc3cccc(Cl)c32)OC1(C)C. The van der Waals surface area contributed by atoms with Crippen molar-refractivity contribution in [2.45, 2.75) is 45.3 Å². The normalized spacial score (nSPS) is 23.4. The highest BCUT2D eigenvalue weighted by Gasteiger charge is 2.57. The van der Waals surface area contributed by atoms with Gasteiger partial charge in [0.15, 0.2) is 0 Å². The Morgan fingerprint density at radius 1 is 1.20 bits per heavy atom. The van der Waals surface area contributed by atoms with Gasteiger partial charge in [0, 0.05) is 0 Å². The smallest absolute Gasteiger partial charge is 0.384 e. The Bertz CT molecular complexity index is 572. The fourth-order valence-corrected chi connectivity index (χ4v) is 2.77. The molecule has 2 aliphatic heterocycles. The van der Waals surface area contributed by atoms with Crippen molar-refractivity contribution in [1.29, 1.82) is 0 Å². The molecule has 0 saturated carbocycles. The fourth-order valence-electron chi connectivity index (χ4n) is 2.49. The maximum absolute atomic E-state index is 12.3. The summed E-state index contributed by atoms with van der Waals surface area (Å²) >= 11 is 6.25. The van der Waals surface area contributed by atoms with Crippen LogP contribution in [-0.2, 0) is 20.5 Å². The van der Waals surface area contributed by atoms with Gasteiger partial charge >= 0.3 is 7.25 Å². The van der Waals surface area contributed by atoms with Crippen molar-refractivity contribution in [3.63, 3.8) is 0 Å². The van der Waals surface area contributed by atoms with Gasteiger partial charge < -0.3 is 14.1 Å². The number of carbonyl (C=O) groups is 1. The number of nitrogens with zero attached hydrogens (tertiary/aromatic N) is 1. The van der Waals surface area contributed by atoms with Crippen molar-refractivity contribution in [3.05, 3.63) is 28.8 Å². The molecule has 0 radical (unpaired) electrons. The summed E-state index contributed by atoms with van der Waals surface area (Å²) in [6.45, 7) is 7.84. The second-order valence-electron chi connectivity index (χ2n) is 6.25. The lowest BCUT2D eigenvalue weighted by Gasteiger charge is -2.32. The number of fused-ring (bicyclic) bond motifs is 1. The predicted molar refractivity (Wildman–Crippen MR) is 78.7 cm³/mol. The highest BCUT2D eigenvalue weighted by molar-refractivity contribution is 6.59. The summed E-state index contributed by atoms with van der Waals surface area (Å²) in [6, 6.07) is 5.53. The van der Waals surface area contributed by atoms with E-state index in [0.717, 1.165) is 5.56 Å². The van der Waals surface area contributed by atoms with Gasteiger partial charge in [-0.25, -0.2) is 0 Å². The Morgan fingerprint density at radius 2 is 1.80 bits per heavy atom. The average Bonchev–Trinajstić information content (AvgIpc) is 2.74. The van der Waals surface area contributed by atoms with Crippen molar-refractivity contribution < 1.29 is 14.1 Å². The first-order valence-corrected chi connectivity index (χ1v) is 7.06. The highest BCUT2D eigenvalue weighted by atomic mass is 35.5. The van der Waals surface area contributed by atoms with E-state index in [0.29, 0.717) is 17.1 Å². The van der Waals surface area contributed by atoms with Gasteiger partial charge in [-0.2, -0.15) is 0 Å². The third kappa shape index (κ3) is 1.88. The molecule has 2 heterocycles. The van der Waals surface area contributed by atoms with Crippen LogP contribution in [0.15, 0.2) is 18.2 Å². The summed E-state index contributed by atoms with van der Waals surface area (Å²) in [5, 5.41) is 0.545. The zero-order valence-corrected chi connectivity index (χ0v) is 12.8. The summed E-state index contributed by atoms with van der Waals surface area (Å²) in [4.78, 5) is 13.8. The van der Waals surface area contributed by atoms with Crippen LogP contribution in [0.4, 0.5) is 5.69 Å². The van der Waals surface area contributed by atoms with Crippen molar-refractivity contribution in [2.24, 2.45) is 0 Å². The van der Waals surface area contributed by atoms with Gasteiger partial charge in [0.2, 0.25) is 5.91 Å². The van der Waals surface area contributed by atoms with Crippen LogP contribution in [0.2, 0.25) is 5.02 Å². The molecule has 1 saturated heterocycles. The molecular weight excluding hydrogens is 276 g/mol. The molecule has 0 unspecified atom stereocenters. The van der Waals surface area contributed by atoms with E-state index in [-0.39, 0.29) is 5.91 Å². The monoisotopic (exact) mass is 293 g/mol. The maximum Gasteiger partial charge on any atom is 0.601 e. The van der Waals surface area contributed by atoms with Crippen LogP contribution in [-0.4, -0.2) is 24.4 Å². The van der Waals surface area contributed by atoms with Gasteiger partial charge in [-0.1, -0.05) is 23.7 Å². The molecule has 0 N–H and O–H groups in total. The molecule has 0 spiro atoms. The summed E-state index contributed by atoms with van der Waals surface area (Å²) in [5.41, 5.74) is 0.652. The van der Waals surface area contributed by atoms with Gasteiger partial charge in [-0.3, -0.25) is 4.79 Å². The number of para-hydroxylation sites is 1. The molecule has 20 heavy (non-hydrogen) atoms. The number of hydrogen-bond acceptors (Lipinski definition) is 3. The van der Waals surface area contributed by atoms with Crippen LogP contribution in [0, 0.1) is 0 Å². The van der Waals surface area contributed by atoms with Crippen molar-refractivity contribution >= 4 is 30.4 Å². The third-order valence-corrected chi connectivity index (χ3v) is 4.68. The van der Waals surface area contributed by atoms with E-state index in [2.05, 4.69) is 0 Å². The number of anilines is 1. The Labute approximate surface area is 124 Å². The van der Waals surface area contributed by atoms with Crippen LogP contribution >= 0.6 is 11.6 Å². The molecule has 0 bridgehead atoms. The Balaban J connectivity index is 2.00. The molecule has 4 nitrogen and oxygen atoms in total. The molecule has 1 amide bonds. The molecule has 0 aliphatic carbocycles. The molecule has 0 atom stereocenters. The molecule has 1 aromatic carbocycles. The largest absolute Gasteiger partial charge is 0.601 e. The van der Waals surface area contributed by atoms with Gasteiger partial charge in [-0.15, -0.1) is 0 Å². The number of halogens is 1. The maximum atomic E-state index is 12.3. The quantitative estimate of drug-likeness (QED) is 0.747. The van der Waals surface area contributed by atoms with E-state index in [1.807, 2.05) is 39.8 Å². The minimum atomic E-state index is -0.728. The van der Waals surface area contributed by atoms with Crippen LogP contribution in [0.3, 0.4) is 0 Å². The molecular formula is C14H17BClNO3. The van der Waals surface area contributed by atoms with Crippen molar-refractivity contribution in [1.82, 2.24) is 0 Å². The van der Waals surface area contributed by atoms with E-state index in [9.17, 15) is 4.79 Å². The summed E-state index contributed by atoms with van der Waals surface area (Å²) < 4.78 is 11.9. The molecule has 1 aromatic rings. The van der Waals surface area contributed by atoms with Crippen LogP contribution in [0.25, 0.3) is 0 Å².